The Labute approximate surface area is 122 Å². The van der Waals surface area contributed by atoms with Crippen LogP contribution in [0.15, 0.2) is 24.3 Å². The molecule has 0 aliphatic carbocycles. The number of aliphatic hydroxyl groups is 1. The fourth-order valence-electron chi connectivity index (χ4n) is 1.88. The molecule has 1 aromatic rings. The lowest BCUT2D eigenvalue weighted by molar-refractivity contribution is -0.385. The van der Waals surface area contributed by atoms with Crippen LogP contribution in [0.4, 0.5) is 5.69 Å². The fourth-order valence-corrected chi connectivity index (χ4v) is 3.73. The number of sulfone groups is 1. The van der Waals surface area contributed by atoms with Crippen molar-refractivity contribution in [3.05, 3.63) is 39.9 Å². The van der Waals surface area contributed by atoms with Crippen molar-refractivity contribution in [2.24, 2.45) is 0 Å². The zero-order valence-corrected chi connectivity index (χ0v) is 12.7. The summed E-state index contributed by atoms with van der Waals surface area (Å²) in [6, 6.07) is 5.17. The van der Waals surface area contributed by atoms with Crippen molar-refractivity contribution >= 4 is 27.1 Å². The summed E-state index contributed by atoms with van der Waals surface area (Å²) in [6.45, 7) is 2.98. The number of nitro benzene ring substituents is 1. The molecule has 2 atom stereocenters. The van der Waals surface area contributed by atoms with Crippen molar-refractivity contribution < 1.29 is 18.4 Å². The number of rotatable bonds is 6. The van der Waals surface area contributed by atoms with Crippen LogP contribution in [-0.2, 0) is 9.84 Å². The lowest BCUT2D eigenvalue weighted by Crippen LogP contribution is -2.39. The standard InChI is InChI=1S/C12H16ClNO5S/c1-3-12(13,20(18,19)4-2)11(15)9-6-5-7-10(8-9)14(16)17/h5-8,11,15H,3-4H2,1-2H3/t11-,12+/m0/s1. The van der Waals surface area contributed by atoms with Crippen molar-refractivity contribution in [1.29, 1.82) is 0 Å². The van der Waals surface area contributed by atoms with E-state index in [2.05, 4.69) is 0 Å². The predicted molar refractivity (Wildman–Crippen MR) is 76.4 cm³/mol. The van der Waals surface area contributed by atoms with Crippen LogP contribution in [0.1, 0.15) is 31.9 Å². The Hall–Kier alpha value is -1.18. The first-order chi connectivity index (χ1) is 9.19. The topological polar surface area (TPSA) is 97.5 Å². The van der Waals surface area contributed by atoms with Crippen molar-refractivity contribution in [2.45, 2.75) is 30.6 Å². The van der Waals surface area contributed by atoms with E-state index < -0.39 is 25.1 Å². The average Bonchev–Trinajstić information content (AvgIpc) is 2.45. The number of non-ortho nitro benzene ring substituents is 1. The Bertz CT molecular complexity index is 604. The number of benzene rings is 1. The maximum absolute atomic E-state index is 12.1. The molecule has 1 rings (SSSR count). The van der Waals surface area contributed by atoms with E-state index >= 15 is 0 Å². The molecule has 6 nitrogen and oxygen atoms in total. The molecule has 0 saturated heterocycles. The monoisotopic (exact) mass is 321 g/mol. The molecule has 0 amide bonds. The first-order valence-corrected chi connectivity index (χ1v) is 8.06. The second-order valence-corrected chi connectivity index (χ2v) is 7.73. The average molecular weight is 322 g/mol. The molecule has 20 heavy (non-hydrogen) atoms. The summed E-state index contributed by atoms with van der Waals surface area (Å²) in [4.78, 5) is 10.1. The molecule has 0 fully saturated rings. The molecule has 0 heterocycles. The van der Waals surface area contributed by atoms with Crippen LogP contribution >= 0.6 is 11.6 Å². The molecular formula is C12H16ClNO5S. The van der Waals surface area contributed by atoms with Gasteiger partial charge in [0.1, 0.15) is 6.10 Å². The molecule has 112 valence electrons. The van der Waals surface area contributed by atoms with Gasteiger partial charge in [-0.2, -0.15) is 0 Å². The number of halogens is 1. The van der Waals surface area contributed by atoms with E-state index in [9.17, 15) is 23.6 Å². The number of alkyl halides is 1. The van der Waals surface area contributed by atoms with E-state index in [4.69, 9.17) is 11.6 Å². The van der Waals surface area contributed by atoms with Gasteiger partial charge in [0, 0.05) is 17.9 Å². The van der Waals surface area contributed by atoms with Gasteiger partial charge in [0.15, 0.2) is 14.0 Å². The Morgan fingerprint density at radius 3 is 2.50 bits per heavy atom. The number of nitro groups is 1. The summed E-state index contributed by atoms with van der Waals surface area (Å²) >= 11 is 6.12. The van der Waals surface area contributed by atoms with Crippen LogP contribution < -0.4 is 0 Å². The quantitative estimate of drug-likeness (QED) is 0.493. The Kier molecular flexibility index (Phi) is 5.12. The first-order valence-electron chi connectivity index (χ1n) is 6.03. The van der Waals surface area contributed by atoms with Crippen LogP contribution in [0.2, 0.25) is 0 Å². The second kappa shape index (κ2) is 6.07. The van der Waals surface area contributed by atoms with Gasteiger partial charge >= 0.3 is 0 Å². The van der Waals surface area contributed by atoms with E-state index in [-0.39, 0.29) is 23.4 Å². The highest BCUT2D eigenvalue weighted by Gasteiger charge is 2.46. The largest absolute Gasteiger partial charge is 0.385 e. The van der Waals surface area contributed by atoms with Gasteiger partial charge in [-0.3, -0.25) is 10.1 Å². The minimum Gasteiger partial charge on any atom is -0.385 e. The Morgan fingerprint density at radius 2 is 2.05 bits per heavy atom. The van der Waals surface area contributed by atoms with E-state index in [0.717, 1.165) is 6.07 Å². The first kappa shape index (κ1) is 16.9. The molecule has 0 aromatic heterocycles. The molecule has 0 spiro atoms. The molecule has 0 radical (unpaired) electrons. The highest BCUT2D eigenvalue weighted by atomic mass is 35.5. The minimum atomic E-state index is -3.74. The molecular weight excluding hydrogens is 306 g/mol. The minimum absolute atomic E-state index is 0.0193. The van der Waals surface area contributed by atoms with Crippen molar-refractivity contribution in [2.75, 3.05) is 5.75 Å². The van der Waals surface area contributed by atoms with Gasteiger partial charge in [-0.15, -0.1) is 0 Å². The van der Waals surface area contributed by atoms with E-state index in [1.165, 1.54) is 25.1 Å². The Balaban J connectivity index is 3.31. The van der Waals surface area contributed by atoms with Crippen LogP contribution in [0.3, 0.4) is 0 Å². The lowest BCUT2D eigenvalue weighted by atomic mass is 10.0. The summed E-state index contributed by atoms with van der Waals surface area (Å²) < 4.78 is 22.2. The van der Waals surface area contributed by atoms with Crippen molar-refractivity contribution in [3.63, 3.8) is 0 Å². The number of hydrogen-bond acceptors (Lipinski definition) is 5. The Morgan fingerprint density at radius 1 is 1.45 bits per heavy atom. The highest BCUT2D eigenvalue weighted by molar-refractivity contribution is 7.94. The predicted octanol–water partition coefficient (Wildman–Crippen LogP) is 2.41. The molecule has 0 saturated carbocycles. The number of nitrogens with zero attached hydrogens (tertiary/aromatic N) is 1. The van der Waals surface area contributed by atoms with Gasteiger partial charge in [0.2, 0.25) is 0 Å². The summed E-state index contributed by atoms with van der Waals surface area (Å²) in [5.74, 6) is -0.226. The number of hydrogen-bond donors (Lipinski definition) is 1. The summed E-state index contributed by atoms with van der Waals surface area (Å²) in [5.41, 5.74) is -0.126. The normalized spacial score (nSPS) is 16.4. The molecule has 1 aromatic carbocycles. The van der Waals surface area contributed by atoms with Crippen LogP contribution in [0, 0.1) is 10.1 Å². The van der Waals surface area contributed by atoms with Crippen molar-refractivity contribution in [1.82, 2.24) is 0 Å². The van der Waals surface area contributed by atoms with Gasteiger partial charge in [0.05, 0.1) is 4.92 Å². The van der Waals surface area contributed by atoms with Gasteiger partial charge < -0.3 is 5.11 Å². The molecule has 0 aliphatic heterocycles. The molecule has 0 unspecified atom stereocenters. The number of aliphatic hydroxyl groups excluding tert-OH is 1. The highest BCUT2D eigenvalue weighted by Crippen LogP contribution is 2.40. The third kappa shape index (κ3) is 2.94. The van der Waals surface area contributed by atoms with Gasteiger partial charge in [-0.1, -0.05) is 37.6 Å². The molecule has 0 aliphatic rings. The summed E-state index contributed by atoms with van der Waals surface area (Å²) in [5, 5.41) is 21.0. The van der Waals surface area contributed by atoms with Crippen molar-refractivity contribution in [3.8, 4) is 0 Å². The summed E-state index contributed by atoms with van der Waals surface area (Å²) in [6.07, 6.45) is -1.56. The zero-order chi connectivity index (χ0) is 15.6. The van der Waals surface area contributed by atoms with Crippen LogP contribution in [0.5, 0.6) is 0 Å². The fraction of sp³-hybridized carbons (Fsp3) is 0.500. The maximum Gasteiger partial charge on any atom is 0.269 e. The third-order valence-corrected chi connectivity index (χ3v) is 6.67. The van der Waals surface area contributed by atoms with E-state index in [1.54, 1.807) is 6.92 Å². The second-order valence-electron chi connectivity index (χ2n) is 4.30. The maximum atomic E-state index is 12.1. The van der Waals surface area contributed by atoms with Crippen LogP contribution in [0.25, 0.3) is 0 Å². The zero-order valence-electron chi connectivity index (χ0n) is 11.1. The van der Waals surface area contributed by atoms with Crippen LogP contribution in [-0.4, -0.2) is 28.4 Å². The van der Waals surface area contributed by atoms with Gasteiger partial charge in [-0.05, 0) is 12.0 Å². The SMILES string of the molecule is CC[C@](Cl)([C@@H](O)c1cccc([N+](=O)[O-])c1)S(=O)(=O)CC. The summed E-state index contributed by atoms with van der Waals surface area (Å²) in [7, 11) is -3.74. The smallest absolute Gasteiger partial charge is 0.269 e. The lowest BCUT2D eigenvalue weighted by Gasteiger charge is -2.30. The van der Waals surface area contributed by atoms with E-state index in [1.807, 2.05) is 0 Å². The molecule has 1 N–H and O–H groups in total. The third-order valence-electron chi connectivity index (χ3n) is 3.18. The molecule has 0 bridgehead atoms. The van der Waals surface area contributed by atoms with E-state index in [0.29, 0.717) is 0 Å². The van der Waals surface area contributed by atoms with Gasteiger partial charge in [-0.25, -0.2) is 8.42 Å². The molecule has 8 heteroatoms. The van der Waals surface area contributed by atoms with Gasteiger partial charge in [0.25, 0.3) is 5.69 Å².